The maximum Gasteiger partial charge on any atom is 0.269 e. The van der Waals surface area contributed by atoms with Gasteiger partial charge in [0, 0.05) is 17.3 Å². The summed E-state index contributed by atoms with van der Waals surface area (Å²) in [5, 5.41) is 1.06. The molecule has 0 radical (unpaired) electrons. The lowest BCUT2D eigenvalue weighted by Gasteiger charge is -2.11. The van der Waals surface area contributed by atoms with Crippen LogP contribution in [0.5, 0.6) is 5.75 Å². The van der Waals surface area contributed by atoms with Gasteiger partial charge in [0.15, 0.2) is 0 Å². The Hall–Kier alpha value is -3.28. The van der Waals surface area contributed by atoms with Crippen molar-refractivity contribution in [3.63, 3.8) is 0 Å². The molecule has 1 aromatic heterocycles. The number of aromatic nitrogens is 1. The Kier molecular flexibility index (Phi) is 6.32. The summed E-state index contributed by atoms with van der Waals surface area (Å²) in [6.07, 6.45) is 2.80. The first kappa shape index (κ1) is 19.5. The van der Waals surface area contributed by atoms with E-state index in [9.17, 15) is 9.59 Å². The second-order valence-corrected chi connectivity index (χ2v) is 7.06. The van der Waals surface area contributed by atoms with Gasteiger partial charge in [-0.25, -0.2) is 0 Å². The number of para-hydroxylation sites is 1. The number of fused-ring (bicyclic) bond motifs is 1. The first-order chi connectivity index (χ1) is 13.5. The molecule has 0 saturated carbocycles. The molecule has 146 valence electrons. The minimum Gasteiger partial charge on any atom is -0.494 e. The van der Waals surface area contributed by atoms with E-state index in [2.05, 4.69) is 24.7 Å². The number of hydrogen-bond acceptors (Lipinski definition) is 3. The van der Waals surface area contributed by atoms with Crippen LogP contribution in [0.25, 0.3) is 10.9 Å². The third-order valence-electron chi connectivity index (χ3n) is 4.37. The molecule has 0 aliphatic rings. The number of nitrogens with zero attached hydrogens (tertiary/aromatic N) is 1. The number of ether oxygens (including phenoxy) is 1. The van der Waals surface area contributed by atoms with Gasteiger partial charge in [0.1, 0.15) is 12.3 Å². The van der Waals surface area contributed by atoms with Crippen molar-refractivity contribution in [1.82, 2.24) is 15.4 Å². The van der Waals surface area contributed by atoms with Crippen LogP contribution in [0.3, 0.4) is 0 Å². The number of rotatable bonds is 7. The standard InChI is InChI=1S/C22H25N3O3/c1-16(2)11-13-28-19-8-5-7-18(14-19)22(27)24-23-21(26)15-25-12-10-17-6-3-4-9-20(17)25/h3-10,12,14,16H,11,13,15H2,1-2H3,(H,23,26)(H,24,27). The Balaban J connectivity index is 1.52. The van der Waals surface area contributed by atoms with Gasteiger partial charge < -0.3 is 9.30 Å². The highest BCUT2D eigenvalue weighted by Gasteiger charge is 2.10. The van der Waals surface area contributed by atoms with Crippen LogP contribution < -0.4 is 15.6 Å². The smallest absolute Gasteiger partial charge is 0.269 e. The van der Waals surface area contributed by atoms with E-state index in [4.69, 9.17) is 4.74 Å². The maximum atomic E-state index is 12.3. The Morgan fingerprint density at radius 2 is 1.86 bits per heavy atom. The molecule has 0 aliphatic heterocycles. The Bertz CT molecular complexity index is 962. The first-order valence-corrected chi connectivity index (χ1v) is 9.39. The molecule has 3 aromatic rings. The van der Waals surface area contributed by atoms with Crippen LogP contribution in [0.15, 0.2) is 60.8 Å². The molecule has 2 aromatic carbocycles. The quantitative estimate of drug-likeness (QED) is 0.617. The fourth-order valence-corrected chi connectivity index (χ4v) is 2.81. The minimum absolute atomic E-state index is 0.117. The van der Waals surface area contributed by atoms with Gasteiger partial charge in [0.2, 0.25) is 0 Å². The minimum atomic E-state index is -0.389. The molecule has 28 heavy (non-hydrogen) atoms. The van der Waals surface area contributed by atoms with E-state index in [0.29, 0.717) is 23.8 Å². The zero-order valence-electron chi connectivity index (χ0n) is 16.1. The number of carbonyl (C=O) groups is 2. The lowest BCUT2D eigenvalue weighted by molar-refractivity contribution is -0.122. The van der Waals surface area contributed by atoms with Gasteiger partial charge in [-0.3, -0.25) is 20.4 Å². The molecule has 0 saturated heterocycles. The van der Waals surface area contributed by atoms with Crippen molar-refractivity contribution in [3.05, 3.63) is 66.4 Å². The third kappa shape index (κ3) is 5.13. The van der Waals surface area contributed by atoms with Crippen molar-refractivity contribution >= 4 is 22.7 Å². The second kappa shape index (κ2) is 9.08. The van der Waals surface area contributed by atoms with Gasteiger partial charge in [0.05, 0.1) is 6.61 Å². The molecule has 0 unspecified atom stereocenters. The number of hydrogen-bond donors (Lipinski definition) is 2. The summed E-state index contributed by atoms with van der Waals surface area (Å²) < 4.78 is 7.51. The topological polar surface area (TPSA) is 72.4 Å². The van der Waals surface area contributed by atoms with E-state index in [0.717, 1.165) is 17.3 Å². The molecule has 0 fully saturated rings. The number of nitrogens with one attached hydrogen (secondary N) is 2. The maximum absolute atomic E-state index is 12.3. The number of carbonyl (C=O) groups excluding carboxylic acids is 2. The van der Waals surface area contributed by atoms with Gasteiger partial charge >= 0.3 is 0 Å². The second-order valence-electron chi connectivity index (χ2n) is 7.06. The van der Waals surface area contributed by atoms with Crippen LogP contribution in [0.1, 0.15) is 30.6 Å². The summed E-state index contributed by atoms with van der Waals surface area (Å²) in [6, 6.07) is 16.7. The number of amides is 2. The van der Waals surface area contributed by atoms with E-state index in [1.165, 1.54) is 0 Å². The molecule has 3 rings (SSSR count). The molecule has 0 spiro atoms. The average molecular weight is 379 g/mol. The Morgan fingerprint density at radius 1 is 1.04 bits per heavy atom. The van der Waals surface area contributed by atoms with Gasteiger partial charge in [-0.05, 0) is 48.1 Å². The molecule has 2 amide bonds. The van der Waals surface area contributed by atoms with Crippen LogP contribution in [0.2, 0.25) is 0 Å². The van der Waals surface area contributed by atoms with Gasteiger partial charge in [-0.15, -0.1) is 0 Å². The largest absolute Gasteiger partial charge is 0.494 e. The zero-order chi connectivity index (χ0) is 19.9. The molecule has 6 heteroatoms. The van der Waals surface area contributed by atoms with Crippen LogP contribution in [-0.4, -0.2) is 23.0 Å². The molecule has 0 bridgehead atoms. The van der Waals surface area contributed by atoms with Crippen molar-refractivity contribution in [3.8, 4) is 5.75 Å². The highest BCUT2D eigenvalue weighted by molar-refractivity contribution is 5.95. The van der Waals surface area contributed by atoms with Crippen molar-refractivity contribution < 1.29 is 14.3 Å². The monoisotopic (exact) mass is 379 g/mol. The number of hydrazine groups is 1. The summed E-state index contributed by atoms with van der Waals surface area (Å²) in [7, 11) is 0. The summed E-state index contributed by atoms with van der Waals surface area (Å²) in [5.41, 5.74) is 6.31. The molecule has 2 N–H and O–H groups in total. The SMILES string of the molecule is CC(C)CCOc1cccc(C(=O)NNC(=O)Cn2ccc3ccccc32)c1. The molecular formula is C22H25N3O3. The summed E-state index contributed by atoms with van der Waals surface area (Å²) in [6.45, 7) is 4.98. The lowest BCUT2D eigenvalue weighted by atomic mass is 10.1. The van der Waals surface area contributed by atoms with Crippen molar-refractivity contribution in [2.45, 2.75) is 26.8 Å². The average Bonchev–Trinajstić information content (AvgIpc) is 3.09. The van der Waals surface area contributed by atoms with Crippen molar-refractivity contribution in [1.29, 1.82) is 0 Å². The third-order valence-corrected chi connectivity index (χ3v) is 4.37. The van der Waals surface area contributed by atoms with Crippen LogP contribution in [-0.2, 0) is 11.3 Å². The lowest BCUT2D eigenvalue weighted by Crippen LogP contribution is -2.43. The van der Waals surface area contributed by atoms with E-state index < -0.39 is 0 Å². The van der Waals surface area contributed by atoms with Crippen molar-refractivity contribution in [2.24, 2.45) is 5.92 Å². The van der Waals surface area contributed by atoms with E-state index in [-0.39, 0.29) is 18.4 Å². The molecule has 0 atom stereocenters. The molecule has 1 heterocycles. The summed E-state index contributed by atoms with van der Waals surface area (Å²) >= 11 is 0. The highest BCUT2D eigenvalue weighted by Crippen LogP contribution is 2.15. The Morgan fingerprint density at radius 3 is 2.68 bits per heavy atom. The van der Waals surface area contributed by atoms with Gasteiger partial charge in [-0.2, -0.15) is 0 Å². The Labute approximate surface area is 164 Å². The zero-order valence-corrected chi connectivity index (χ0v) is 16.1. The van der Waals surface area contributed by atoms with Gasteiger partial charge in [-0.1, -0.05) is 38.1 Å². The molecular weight excluding hydrogens is 354 g/mol. The summed E-state index contributed by atoms with van der Waals surface area (Å²) in [4.78, 5) is 24.5. The van der Waals surface area contributed by atoms with Crippen LogP contribution in [0, 0.1) is 5.92 Å². The fraction of sp³-hybridized carbons (Fsp3) is 0.273. The van der Waals surface area contributed by atoms with Crippen LogP contribution >= 0.6 is 0 Å². The van der Waals surface area contributed by atoms with E-state index >= 15 is 0 Å². The normalized spacial score (nSPS) is 10.8. The highest BCUT2D eigenvalue weighted by atomic mass is 16.5. The molecule has 6 nitrogen and oxygen atoms in total. The number of benzene rings is 2. The predicted octanol–water partition coefficient (Wildman–Crippen LogP) is 3.53. The fourth-order valence-electron chi connectivity index (χ4n) is 2.81. The van der Waals surface area contributed by atoms with Gasteiger partial charge in [0.25, 0.3) is 11.8 Å². The van der Waals surface area contributed by atoms with Crippen LogP contribution in [0.4, 0.5) is 0 Å². The van der Waals surface area contributed by atoms with E-state index in [1.54, 1.807) is 18.2 Å². The van der Waals surface area contributed by atoms with E-state index in [1.807, 2.05) is 47.2 Å². The molecule has 0 aliphatic carbocycles. The first-order valence-electron chi connectivity index (χ1n) is 9.39. The predicted molar refractivity (Wildman–Crippen MR) is 109 cm³/mol. The van der Waals surface area contributed by atoms with Crippen molar-refractivity contribution in [2.75, 3.05) is 6.61 Å². The summed E-state index contributed by atoms with van der Waals surface area (Å²) in [5.74, 6) is 0.497.